The monoisotopic (exact) mass is 486 g/mol. The average molecular weight is 487 g/mol. The highest BCUT2D eigenvalue weighted by molar-refractivity contribution is 5.69. The molecule has 0 saturated carbocycles. The van der Waals surface area contributed by atoms with Crippen molar-refractivity contribution in [2.24, 2.45) is 0 Å². The Hall–Kier alpha value is -4.57. The van der Waals surface area contributed by atoms with Crippen LogP contribution in [0.1, 0.15) is 0 Å². The second-order valence-electron chi connectivity index (χ2n) is 8.08. The number of hydrogen-bond acceptors (Lipinski definition) is 10. The van der Waals surface area contributed by atoms with E-state index in [4.69, 9.17) is 19.9 Å². The molecule has 2 aromatic carbocycles. The number of phenols is 1. The zero-order valence-electron chi connectivity index (χ0n) is 19.7. The van der Waals surface area contributed by atoms with Crippen molar-refractivity contribution in [1.29, 1.82) is 0 Å². The van der Waals surface area contributed by atoms with E-state index < -0.39 is 0 Å². The molecule has 1 saturated heterocycles. The van der Waals surface area contributed by atoms with Crippen molar-refractivity contribution in [1.82, 2.24) is 15.0 Å². The molecule has 1 aliphatic heterocycles. The first-order valence-electron chi connectivity index (χ1n) is 11.4. The Morgan fingerprint density at radius 3 is 2.56 bits per heavy atom. The zero-order valence-corrected chi connectivity index (χ0v) is 19.7. The Kier molecular flexibility index (Phi) is 6.67. The van der Waals surface area contributed by atoms with E-state index in [9.17, 15) is 5.11 Å². The number of aromatic hydroxyl groups is 1. The number of morpholine rings is 1. The first kappa shape index (κ1) is 23.2. The van der Waals surface area contributed by atoms with Gasteiger partial charge in [-0.25, -0.2) is 9.97 Å². The highest BCUT2D eigenvalue weighted by Crippen LogP contribution is 2.32. The number of nitrogen functional groups attached to an aromatic ring is 1. The highest BCUT2D eigenvalue weighted by atomic mass is 16.5. The van der Waals surface area contributed by atoms with Gasteiger partial charge in [-0.05, 0) is 48.5 Å². The Morgan fingerprint density at radius 1 is 0.972 bits per heavy atom. The number of hydrogen-bond donors (Lipinski definition) is 3. The number of methoxy groups -OCH3 is 1. The van der Waals surface area contributed by atoms with E-state index in [0.29, 0.717) is 42.0 Å². The molecule has 0 atom stereocenters. The van der Waals surface area contributed by atoms with Gasteiger partial charge in [-0.3, -0.25) is 0 Å². The number of pyridine rings is 1. The van der Waals surface area contributed by atoms with Crippen LogP contribution < -0.4 is 25.4 Å². The van der Waals surface area contributed by atoms with Crippen LogP contribution in [0.15, 0.2) is 66.9 Å². The minimum Gasteiger partial charge on any atom is -0.504 e. The number of phenolic OH excluding ortho intramolecular Hbond substituents is 1. The van der Waals surface area contributed by atoms with Crippen molar-refractivity contribution in [3.05, 3.63) is 66.9 Å². The minimum absolute atomic E-state index is 0.0491. The molecule has 5 rings (SSSR count). The van der Waals surface area contributed by atoms with Crippen LogP contribution in [0.25, 0.3) is 11.3 Å². The Bertz CT molecular complexity index is 1340. The minimum atomic E-state index is 0.0491. The topological polar surface area (TPSA) is 128 Å². The van der Waals surface area contributed by atoms with E-state index in [-0.39, 0.29) is 11.7 Å². The third kappa shape index (κ3) is 5.39. The van der Waals surface area contributed by atoms with Gasteiger partial charge in [0.1, 0.15) is 23.1 Å². The summed E-state index contributed by atoms with van der Waals surface area (Å²) in [6, 6.07) is 18.0. The van der Waals surface area contributed by atoms with E-state index in [1.54, 1.807) is 30.5 Å². The van der Waals surface area contributed by atoms with E-state index in [1.807, 2.05) is 36.4 Å². The van der Waals surface area contributed by atoms with Gasteiger partial charge in [0.15, 0.2) is 11.5 Å². The van der Waals surface area contributed by atoms with Crippen molar-refractivity contribution in [3.8, 4) is 34.3 Å². The van der Waals surface area contributed by atoms with E-state index in [2.05, 4.69) is 25.2 Å². The molecular weight excluding hydrogens is 460 g/mol. The van der Waals surface area contributed by atoms with Gasteiger partial charge in [-0.15, -0.1) is 0 Å². The van der Waals surface area contributed by atoms with Crippen LogP contribution >= 0.6 is 0 Å². The summed E-state index contributed by atoms with van der Waals surface area (Å²) < 4.78 is 16.6. The molecule has 4 N–H and O–H groups in total. The number of rotatable bonds is 7. The molecule has 0 radical (unpaired) electrons. The third-order valence-electron chi connectivity index (χ3n) is 5.63. The molecule has 0 spiro atoms. The molecular formula is C26H26N6O4. The standard InChI is InChI=1S/C26H26N6O4/c1-34-23-14-17(2-7-22(23)33)21-16-24(31-26(27)30-21)29-18-3-5-19(6-4-18)36-20-8-9-28-25(15-20)32-10-12-35-13-11-32/h2-9,14-16,33H,10-13H2,1H3,(H3,27,29,30,31). The molecule has 36 heavy (non-hydrogen) atoms. The van der Waals surface area contributed by atoms with Crippen LogP contribution in [0.3, 0.4) is 0 Å². The zero-order chi connectivity index (χ0) is 24.9. The molecule has 10 nitrogen and oxygen atoms in total. The molecule has 184 valence electrons. The highest BCUT2D eigenvalue weighted by Gasteiger charge is 2.13. The first-order chi connectivity index (χ1) is 17.6. The molecule has 0 bridgehead atoms. The summed E-state index contributed by atoms with van der Waals surface area (Å²) in [4.78, 5) is 15.2. The predicted octanol–water partition coefficient (Wildman–Crippen LogP) is 4.21. The van der Waals surface area contributed by atoms with Crippen LogP contribution in [-0.2, 0) is 4.74 Å². The maximum absolute atomic E-state index is 9.86. The molecule has 1 fully saturated rings. The molecule has 0 unspecified atom stereocenters. The fraction of sp³-hybridized carbons (Fsp3) is 0.192. The molecule has 10 heteroatoms. The average Bonchev–Trinajstić information content (AvgIpc) is 2.90. The van der Waals surface area contributed by atoms with Crippen molar-refractivity contribution in [2.45, 2.75) is 0 Å². The van der Waals surface area contributed by atoms with Gasteiger partial charge >= 0.3 is 0 Å². The molecule has 1 aliphatic rings. The SMILES string of the molecule is COc1cc(-c2cc(Nc3ccc(Oc4ccnc(N5CCOCC5)c4)cc3)nc(N)n2)ccc1O. The van der Waals surface area contributed by atoms with Crippen molar-refractivity contribution in [2.75, 3.05) is 49.4 Å². The number of aromatic nitrogens is 3. The fourth-order valence-electron chi connectivity index (χ4n) is 3.83. The lowest BCUT2D eigenvalue weighted by Crippen LogP contribution is -2.36. The maximum atomic E-state index is 9.86. The van der Waals surface area contributed by atoms with Crippen LogP contribution in [0.5, 0.6) is 23.0 Å². The van der Waals surface area contributed by atoms with Gasteiger partial charge < -0.3 is 35.3 Å². The van der Waals surface area contributed by atoms with E-state index in [0.717, 1.165) is 30.2 Å². The van der Waals surface area contributed by atoms with Gasteiger partial charge in [0, 0.05) is 42.7 Å². The number of nitrogens with zero attached hydrogens (tertiary/aromatic N) is 4. The van der Waals surface area contributed by atoms with Crippen LogP contribution in [0.4, 0.5) is 23.3 Å². The second kappa shape index (κ2) is 10.4. The lowest BCUT2D eigenvalue weighted by Gasteiger charge is -2.27. The van der Waals surface area contributed by atoms with Gasteiger partial charge in [0.25, 0.3) is 0 Å². The lowest BCUT2D eigenvalue weighted by molar-refractivity contribution is 0.122. The molecule has 3 heterocycles. The first-order valence-corrected chi connectivity index (χ1v) is 11.4. The van der Waals surface area contributed by atoms with Crippen LogP contribution in [-0.4, -0.2) is 53.5 Å². The van der Waals surface area contributed by atoms with Gasteiger partial charge in [-0.1, -0.05) is 0 Å². The lowest BCUT2D eigenvalue weighted by atomic mass is 10.1. The number of nitrogens with two attached hydrogens (primary N) is 1. The molecule has 0 aliphatic carbocycles. The van der Waals surface area contributed by atoms with Crippen LogP contribution in [0, 0.1) is 0 Å². The van der Waals surface area contributed by atoms with E-state index in [1.165, 1.54) is 7.11 Å². The smallest absolute Gasteiger partial charge is 0.222 e. The summed E-state index contributed by atoms with van der Waals surface area (Å²) in [5.41, 5.74) is 8.08. The summed E-state index contributed by atoms with van der Waals surface area (Å²) in [6.07, 6.45) is 1.75. The Morgan fingerprint density at radius 2 is 1.78 bits per heavy atom. The van der Waals surface area contributed by atoms with Gasteiger partial charge in [0.2, 0.25) is 5.95 Å². The Balaban J connectivity index is 1.29. The number of nitrogens with one attached hydrogen (secondary N) is 1. The van der Waals surface area contributed by atoms with Crippen molar-refractivity contribution in [3.63, 3.8) is 0 Å². The van der Waals surface area contributed by atoms with Crippen LogP contribution in [0.2, 0.25) is 0 Å². The van der Waals surface area contributed by atoms with Gasteiger partial charge in [0.05, 0.1) is 26.0 Å². The molecule has 2 aromatic heterocycles. The number of anilines is 4. The quantitative estimate of drug-likeness (QED) is 0.349. The van der Waals surface area contributed by atoms with E-state index >= 15 is 0 Å². The summed E-state index contributed by atoms with van der Waals surface area (Å²) in [6.45, 7) is 3.02. The summed E-state index contributed by atoms with van der Waals surface area (Å²) in [7, 11) is 1.49. The summed E-state index contributed by atoms with van der Waals surface area (Å²) in [5, 5.41) is 13.1. The normalized spacial score (nSPS) is 13.3. The fourth-order valence-corrected chi connectivity index (χ4v) is 3.83. The molecule has 4 aromatic rings. The van der Waals surface area contributed by atoms with Gasteiger partial charge in [-0.2, -0.15) is 4.98 Å². The number of ether oxygens (including phenoxy) is 3. The van der Waals surface area contributed by atoms with Crippen molar-refractivity contribution >= 4 is 23.3 Å². The largest absolute Gasteiger partial charge is 0.504 e. The molecule has 0 amide bonds. The number of benzene rings is 2. The van der Waals surface area contributed by atoms with Crippen molar-refractivity contribution < 1.29 is 19.3 Å². The third-order valence-corrected chi connectivity index (χ3v) is 5.63. The summed E-state index contributed by atoms with van der Waals surface area (Å²) in [5.74, 6) is 3.33. The Labute approximate surface area is 208 Å². The second-order valence-corrected chi connectivity index (χ2v) is 8.08. The predicted molar refractivity (Wildman–Crippen MR) is 137 cm³/mol. The maximum Gasteiger partial charge on any atom is 0.222 e. The summed E-state index contributed by atoms with van der Waals surface area (Å²) >= 11 is 0.